The van der Waals surface area contributed by atoms with Gasteiger partial charge in [0, 0.05) is 18.8 Å². The van der Waals surface area contributed by atoms with Gasteiger partial charge in [0.1, 0.15) is 11.6 Å². The summed E-state index contributed by atoms with van der Waals surface area (Å²) in [6, 6.07) is 8.85. The van der Waals surface area contributed by atoms with E-state index in [1.807, 2.05) is 0 Å². The van der Waals surface area contributed by atoms with Crippen molar-refractivity contribution in [2.75, 3.05) is 6.61 Å². The molecule has 23 heavy (non-hydrogen) atoms. The van der Waals surface area contributed by atoms with Crippen LogP contribution in [0.5, 0.6) is 5.75 Å². The lowest BCUT2D eigenvalue weighted by Crippen LogP contribution is -2.41. The van der Waals surface area contributed by atoms with E-state index >= 15 is 0 Å². The lowest BCUT2D eigenvalue weighted by molar-refractivity contribution is -0.122. The van der Waals surface area contributed by atoms with Crippen molar-refractivity contribution in [2.24, 2.45) is 0 Å². The van der Waals surface area contributed by atoms with Gasteiger partial charge in [0.15, 0.2) is 0 Å². The number of amides is 2. The van der Waals surface area contributed by atoms with Crippen molar-refractivity contribution in [3.63, 3.8) is 0 Å². The maximum absolute atomic E-state index is 12.7. The molecule has 120 valence electrons. The first kappa shape index (κ1) is 16.4. The molecule has 6 nitrogen and oxygen atoms in total. The Balaban J connectivity index is 1.62. The zero-order chi connectivity index (χ0) is 16.5. The van der Waals surface area contributed by atoms with E-state index in [9.17, 15) is 14.0 Å². The third kappa shape index (κ3) is 5.74. The topological polar surface area (TPSA) is 80.3 Å². The molecule has 2 N–H and O–H groups in total. The van der Waals surface area contributed by atoms with Crippen molar-refractivity contribution in [3.8, 4) is 5.75 Å². The average molecular weight is 317 g/mol. The quantitative estimate of drug-likeness (QED) is 0.629. The van der Waals surface area contributed by atoms with Gasteiger partial charge in [-0.05, 0) is 42.8 Å². The second-order valence-electron chi connectivity index (χ2n) is 4.65. The van der Waals surface area contributed by atoms with Crippen molar-refractivity contribution in [2.45, 2.75) is 12.8 Å². The number of nitrogens with one attached hydrogen (secondary N) is 2. The summed E-state index contributed by atoms with van der Waals surface area (Å²) in [5.74, 6) is -0.559. The number of carbonyl (C=O) groups excluding carboxylic acids is 2. The molecule has 0 aliphatic heterocycles. The van der Waals surface area contributed by atoms with E-state index in [0.29, 0.717) is 24.3 Å². The number of hydrazine groups is 1. The fourth-order valence-electron chi connectivity index (χ4n) is 1.71. The summed E-state index contributed by atoms with van der Waals surface area (Å²) >= 11 is 0. The number of halogens is 1. The van der Waals surface area contributed by atoms with Gasteiger partial charge < -0.3 is 4.74 Å². The predicted octanol–water partition coefficient (Wildman–Crippen LogP) is 1.84. The van der Waals surface area contributed by atoms with Crippen LogP contribution < -0.4 is 15.6 Å². The Morgan fingerprint density at radius 2 is 1.91 bits per heavy atom. The molecule has 0 fully saturated rings. The van der Waals surface area contributed by atoms with Crippen molar-refractivity contribution >= 4 is 11.8 Å². The number of rotatable bonds is 6. The summed E-state index contributed by atoms with van der Waals surface area (Å²) in [7, 11) is 0. The third-order valence-corrected chi connectivity index (χ3v) is 2.87. The molecular weight excluding hydrogens is 301 g/mol. The Labute approximate surface area is 132 Å². The molecule has 0 saturated heterocycles. The lowest BCUT2D eigenvalue weighted by atomic mass is 10.3. The minimum absolute atomic E-state index is 0.189. The largest absolute Gasteiger partial charge is 0.494 e. The predicted molar refractivity (Wildman–Crippen MR) is 81.0 cm³/mol. The molecule has 0 saturated carbocycles. The average Bonchev–Trinajstić information content (AvgIpc) is 2.59. The van der Waals surface area contributed by atoms with E-state index < -0.39 is 5.91 Å². The van der Waals surface area contributed by atoms with Crippen LogP contribution in [0.2, 0.25) is 0 Å². The van der Waals surface area contributed by atoms with Crippen LogP contribution in [0.15, 0.2) is 48.8 Å². The Bertz CT molecular complexity index is 647. The van der Waals surface area contributed by atoms with E-state index in [2.05, 4.69) is 15.8 Å². The van der Waals surface area contributed by atoms with Crippen LogP contribution in [0, 0.1) is 5.82 Å². The number of hydrogen-bond donors (Lipinski definition) is 2. The molecule has 0 aliphatic rings. The molecule has 0 bridgehead atoms. The number of aromatic nitrogens is 1. The van der Waals surface area contributed by atoms with E-state index in [-0.39, 0.29) is 18.1 Å². The number of ether oxygens (including phenoxy) is 1. The first-order valence-electron chi connectivity index (χ1n) is 7.03. The van der Waals surface area contributed by atoms with Crippen molar-refractivity contribution in [3.05, 3.63) is 60.2 Å². The summed E-state index contributed by atoms with van der Waals surface area (Å²) in [6.07, 6.45) is 3.61. The Morgan fingerprint density at radius 3 is 2.61 bits per heavy atom. The molecule has 0 spiro atoms. The minimum Gasteiger partial charge on any atom is -0.494 e. The Kier molecular flexibility index (Phi) is 6.05. The minimum atomic E-state index is -0.436. The highest BCUT2D eigenvalue weighted by Gasteiger charge is 2.07. The first-order chi connectivity index (χ1) is 11.1. The molecule has 0 radical (unpaired) electrons. The van der Waals surface area contributed by atoms with E-state index in [1.165, 1.54) is 30.5 Å². The van der Waals surface area contributed by atoms with E-state index in [4.69, 9.17) is 4.74 Å². The summed E-state index contributed by atoms with van der Waals surface area (Å²) in [4.78, 5) is 27.1. The van der Waals surface area contributed by atoms with Crippen LogP contribution in [0.4, 0.5) is 4.39 Å². The fraction of sp³-hybridized carbons (Fsp3) is 0.188. The highest BCUT2D eigenvalue weighted by molar-refractivity contribution is 5.94. The van der Waals surface area contributed by atoms with Crippen molar-refractivity contribution in [1.29, 1.82) is 0 Å². The number of pyridine rings is 1. The highest BCUT2D eigenvalue weighted by Crippen LogP contribution is 2.11. The monoisotopic (exact) mass is 317 g/mol. The zero-order valence-corrected chi connectivity index (χ0v) is 12.3. The molecule has 2 amide bonds. The molecule has 0 atom stereocenters. The SMILES string of the molecule is O=C(CCCOc1ccc(F)cc1)NNC(=O)c1cccnc1. The second kappa shape index (κ2) is 8.47. The standard InChI is InChI=1S/C16H16FN3O3/c17-13-5-7-14(8-6-13)23-10-2-4-15(21)19-20-16(22)12-3-1-9-18-11-12/h1,3,5-9,11H,2,4,10H2,(H,19,21)(H,20,22). The van der Waals surface area contributed by atoms with Gasteiger partial charge in [-0.15, -0.1) is 0 Å². The van der Waals surface area contributed by atoms with Crippen LogP contribution in [-0.4, -0.2) is 23.4 Å². The molecule has 1 heterocycles. The highest BCUT2D eigenvalue weighted by atomic mass is 19.1. The Morgan fingerprint density at radius 1 is 1.13 bits per heavy atom. The molecule has 1 aromatic heterocycles. The molecule has 0 unspecified atom stereocenters. The summed E-state index contributed by atoms with van der Waals surface area (Å²) in [5.41, 5.74) is 4.97. The second-order valence-corrected chi connectivity index (χ2v) is 4.65. The number of benzene rings is 1. The van der Waals surface area contributed by atoms with Crippen LogP contribution >= 0.6 is 0 Å². The van der Waals surface area contributed by atoms with Crippen LogP contribution in [0.1, 0.15) is 23.2 Å². The van der Waals surface area contributed by atoms with Gasteiger partial charge in [0.2, 0.25) is 5.91 Å². The molecule has 7 heteroatoms. The number of hydrogen-bond acceptors (Lipinski definition) is 4. The van der Waals surface area contributed by atoms with Crippen LogP contribution in [0.25, 0.3) is 0 Å². The summed E-state index contributed by atoms with van der Waals surface area (Å²) in [6.45, 7) is 0.315. The van der Waals surface area contributed by atoms with E-state index in [1.54, 1.807) is 18.3 Å². The van der Waals surface area contributed by atoms with Crippen LogP contribution in [-0.2, 0) is 4.79 Å². The molecular formula is C16H16FN3O3. The van der Waals surface area contributed by atoms with Crippen molar-refractivity contribution in [1.82, 2.24) is 15.8 Å². The smallest absolute Gasteiger partial charge is 0.271 e. The normalized spacial score (nSPS) is 9.96. The first-order valence-corrected chi connectivity index (χ1v) is 7.03. The zero-order valence-electron chi connectivity index (χ0n) is 12.3. The van der Waals surface area contributed by atoms with Gasteiger partial charge in [-0.25, -0.2) is 4.39 Å². The van der Waals surface area contributed by atoms with Crippen LogP contribution in [0.3, 0.4) is 0 Å². The summed E-state index contributed by atoms with van der Waals surface area (Å²) < 4.78 is 18.1. The van der Waals surface area contributed by atoms with E-state index in [0.717, 1.165) is 0 Å². The molecule has 0 aliphatic carbocycles. The fourth-order valence-corrected chi connectivity index (χ4v) is 1.71. The Hall–Kier alpha value is -2.96. The third-order valence-electron chi connectivity index (χ3n) is 2.87. The van der Waals surface area contributed by atoms with Gasteiger partial charge in [-0.3, -0.25) is 25.4 Å². The number of carbonyl (C=O) groups is 2. The van der Waals surface area contributed by atoms with Gasteiger partial charge in [-0.1, -0.05) is 0 Å². The molecule has 1 aromatic carbocycles. The van der Waals surface area contributed by atoms with Gasteiger partial charge in [0.25, 0.3) is 5.91 Å². The number of nitrogens with zero attached hydrogens (tertiary/aromatic N) is 1. The van der Waals surface area contributed by atoms with Gasteiger partial charge in [0.05, 0.1) is 12.2 Å². The molecule has 2 aromatic rings. The van der Waals surface area contributed by atoms with Crippen molar-refractivity contribution < 1.29 is 18.7 Å². The lowest BCUT2D eigenvalue weighted by Gasteiger charge is -2.08. The maximum Gasteiger partial charge on any atom is 0.271 e. The van der Waals surface area contributed by atoms with Gasteiger partial charge >= 0.3 is 0 Å². The van der Waals surface area contributed by atoms with Gasteiger partial charge in [-0.2, -0.15) is 0 Å². The maximum atomic E-state index is 12.7. The summed E-state index contributed by atoms with van der Waals surface area (Å²) in [5, 5.41) is 0. The molecule has 2 rings (SSSR count).